The molecule has 0 saturated carbocycles. The van der Waals surface area contributed by atoms with Gasteiger partial charge < -0.3 is 20.1 Å². The van der Waals surface area contributed by atoms with Crippen LogP contribution >= 0.6 is 0 Å². The zero-order valence-corrected chi connectivity index (χ0v) is 11.5. The lowest BCUT2D eigenvalue weighted by molar-refractivity contribution is 0.109. The highest BCUT2D eigenvalue weighted by molar-refractivity contribution is 4.88. The molecule has 1 atom stereocenters. The summed E-state index contributed by atoms with van der Waals surface area (Å²) in [5.41, 5.74) is 0.235. The summed E-state index contributed by atoms with van der Waals surface area (Å²) in [5.74, 6) is 0.685. The van der Waals surface area contributed by atoms with Gasteiger partial charge in [-0.2, -0.15) is 0 Å². The first-order valence-corrected chi connectivity index (χ1v) is 6.66. The van der Waals surface area contributed by atoms with Gasteiger partial charge in [-0.05, 0) is 25.9 Å². The number of aliphatic hydroxyl groups is 1. The molecule has 0 radical (unpaired) electrons. The van der Waals surface area contributed by atoms with Crippen LogP contribution in [0, 0.1) is 11.3 Å². The molecule has 0 aromatic rings. The Hall–Kier alpha value is -0.160. The third-order valence-corrected chi connectivity index (χ3v) is 3.32. The topological polar surface area (TPSA) is 44.7 Å². The smallest absolute Gasteiger partial charge is 0.0558 e. The van der Waals surface area contributed by atoms with E-state index in [1.165, 1.54) is 0 Å². The molecule has 0 aromatic heterocycles. The quantitative estimate of drug-likeness (QED) is 0.655. The first kappa shape index (κ1) is 14.9. The Labute approximate surface area is 105 Å². The molecular weight excluding hydrogens is 216 g/mol. The van der Waals surface area contributed by atoms with Gasteiger partial charge in [0, 0.05) is 31.7 Å². The van der Waals surface area contributed by atoms with Gasteiger partial charge in [0.15, 0.2) is 0 Å². The van der Waals surface area contributed by atoms with E-state index < -0.39 is 0 Å². The van der Waals surface area contributed by atoms with Gasteiger partial charge in [-0.25, -0.2) is 0 Å². The first-order valence-electron chi connectivity index (χ1n) is 6.66. The van der Waals surface area contributed by atoms with Crippen molar-refractivity contribution in [2.75, 3.05) is 53.0 Å². The van der Waals surface area contributed by atoms with Crippen molar-refractivity contribution in [2.45, 2.75) is 20.3 Å². The molecule has 4 nitrogen and oxygen atoms in total. The average Bonchev–Trinajstić information content (AvgIpc) is 2.66. The number of hydrogen-bond acceptors (Lipinski definition) is 4. The summed E-state index contributed by atoms with van der Waals surface area (Å²) in [4.78, 5) is 2.20. The van der Waals surface area contributed by atoms with E-state index in [4.69, 9.17) is 9.84 Å². The van der Waals surface area contributed by atoms with Crippen molar-refractivity contribution in [1.82, 2.24) is 10.2 Å². The fraction of sp³-hybridized carbons (Fsp3) is 1.00. The molecule has 102 valence electrons. The lowest BCUT2D eigenvalue weighted by Gasteiger charge is -2.32. The minimum Gasteiger partial charge on any atom is -0.395 e. The molecule has 1 aliphatic rings. The maximum Gasteiger partial charge on any atom is 0.0558 e. The number of aliphatic hydroxyl groups excluding tert-OH is 1. The third-order valence-electron chi connectivity index (χ3n) is 3.32. The van der Waals surface area contributed by atoms with Crippen molar-refractivity contribution in [3.63, 3.8) is 0 Å². The standard InChI is InChI=1S/C13H28N2O2/c1-12(2)8-14-9-13(4-7-17-11-13)10-15(3)5-6-16/h12,14,16H,4-11H2,1-3H3. The van der Waals surface area contributed by atoms with Gasteiger partial charge in [-0.15, -0.1) is 0 Å². The molecule has 4 heteroatoms. The van der Waals surface area contributed by atoms with Crippen molar-refractivity contribution in [3.05, 3.63) is 0 Å². The van der Waals surface area contributed by atoms with Gasteiger partial charge in [0.2, 0.25) is 0 Å². The predicted molar refractivity (Wildman–Crippen MR) is 70.2 cm³/mol. The van der Waals surface area contributed by atoms with Crippen LogP contribution in [0.4, 0.5) is 0 Å². The van der Waals surface area contributed by atoms with Gasteiger partial charge in [-0.3, -0.25) is 0 Å². The SMILES string of the molecule is CC(C)CNCC1(CN(C)CCO)CCOC1. The van der Waals surface area contributed by atoms with E-state index in [0.717, 1.165) is 45.8 Å². The second-order valence-corrected chi connectivity index (χ2v) is 5.79. The van der Waals surface area contributed by atoms with Gasteiger partial charge in [0.1, 0.15) is 0 Å². The van der Waals surface area contributed by atoms with Crippen LogP contribution < -0.4 is 5.32 Å². The highest BCUT2D eigenvalue weighted by Crippen LogP contribution is 2.28. The fourth-order valence-electron chi connectivity index (χ4n) is 2.42. The highest BCUT2D eigenvalue weighted by Gasteiger charge is 2.35. The largest absolute Gasteiger partial charge is 0.395 e. The van der Waals surface area contributed by atoms with Gasteiger partial charge in [-0.1, -0.05) is 13.8 Å². The Balaban J connectivity index is 2.39. The number of hydrogen-bond donors (Lipinski definition) is 2. The van der Waals surface area contributed by atoms with Crippen LogP contribution in [0.2, 0.25) is 0 Å². The van der Waals surface area contributed by atoms with Crippen LogP contribution in [-0.4, -0.2) is 63.1 Å². The first-order chi connectivity index (χ1) is 8.08. The lowest BCUT2D eigenvalue weighted by atomic mass is 9.86. The van der Waals surface area contributed by atoms with Gasteiger partial charge in [0.25, 0.3) is 0 Å². The van der Waals surface area contributed by atoms with E-state index in [9.17, 15) is 0 Å². The number of nitrogens with one attached hydrogen (secondary N) is 1. The molecule has 1 aliphatic heterocycles. The summed E-state index contributed by atoms with van der Waals surface area (Å²) < 4.78 is 5.57. The van der Waals surface area contributed by atoms with Crippen molar-refractivity contribution < 1.29 is 9.84 Å². The second-order valence-electron chi connectivity index (χ2n) is 5.79. The Morgan fingerprint density at radius 2 is 2.24 bits per heavy atom. The zero-order valence-electron chi connectivity index (χ0n) is 11.5. The molecule has 0 amide bonds. The molecular formula is C13H28N2O2. The maximum absolute atomic E-state index is 8.95. The molecule has 0 aromatic carbocycles. The molecule has 1 fully saturated rings. The van der Waals surface area contributed by atoms with Crippen LogP contribution in [0.3, 0.4) is 0 Å². The molecule has 1 rings (SSSR count). The molecule has 2 N–H and O–H groups in total. The third kappa shape index (κ3) is 5.34. The van der Waals surface area contributed by atoms with Crippen molar-refractivity contribution in [1.29, 1.82) is 0 Å². The fourth-order valence-corrected chi connectivity index (χ4v) is 2.42. The van der Waals surface area contributed by atoms with E-state index in [-0.39, 0.29) is 12.0 Å². The maximum atomic E-state index is 8.95. The van der Waals surface area contributed by atoms with Gasteiger partial charge in [0.05, 0.1) is 13.2 Å². The number of ether oxygens (including phenoxy) is 1. The van der Waals surface area contributed by atoms with Crippen LogP contribution in [-0.2, 0) is 4.74 Å². The van der Waals surface area contributed by atoms with Gasteiger partial charge >= 0.3 is 0 Å². The van der Waals surface area contributed by atoms with Crippen molar-refractivity contribution >= 4 is 0 Å². The molecule has 0 spiro atoms. The Kier molecular flexibility index (Phi) is 6.41. The Morgan fingerprint density at radius 3 is 2.76 bits per heavy atom. The molecule has 1 unspecified atom stereocenters. The molecule has 17 heavy (non-hydrogen) atoms. The highest BCUT2D eigenvalue weighted by atomic mass is 16.5. The zero-order chi connectivity index (χ0) is 12.7. The number of rotatable bonds is 8. The summed E-state index contributed by atoms with van der Waals surface area (Å²) in [6.07, 6.45) is 1.12. The average molecular weight is 244 g/mol. The Bertz CT molecular complexity index is 204. The normalized spacial score (nSPS) is 25.1. The number of likely N-dealkylation sites (N-methyl/N-ethyl adjacent to an activating group) is 1. The summed E-state index contributed by atoms with van der Waals surface area (Å²) in [6.45, 7) is 10.2. The van der Waals surface area contributed by atoms with Crippen LogP contribution in [0.5, 0.6) is 0 Å². The minimum absolute atomic E-state index is 0.229. The second kappa shape index (κ2) is 7.31. The van der Waals surface area contributed by atoms with Crippen molar-refractivity contribution in [3.8, 4) is 0 Å². The predicted octanol–water partition coefficient (Wildman–Crippen LogP) is 0.563. The van der Waals surface area contributed by atoms with Crippen LogP contribution in [0.1, 0.15) is 20.3 Å². The van der Waals surface area contributed by atoms with Crippen molar-refractivity contribution in [2.24, 2.45) is 11.3 Å². The summed E-state index contributed by atoms with van der Waals surface area (Å²) in [6, 6.07) is 0. The molecule has 1 saturated heterocycles. The molecule has 1 heterocycles. The summed E-state index contributed by atoms with van der Waals surface area (Å²) in [5, 5.41) is 12.5. The number of nitrogens with zero attached hydrogens (tertiary/aromatic N) is 1. The van der Waals surface area contributed by atoms with E-state index in [1.807, 2.05) is 0 Å². The van der Waals surface area contributed by atoms with E-state index in [0.29, 0.717) is 5.92 Å². The molecule has 0 aliphatic carbocycles. The van der Waals surface area contributed by atoms with E-state index in [1.54, 1.807) is 0 Å². The van der Waals surface area contributed by atoms with Crippen LogP contribution in [0.25, 0.3) is 0 Å². The summed E-state index contributed by atoms with van der Waals surface area (Å²) in [7, 11) is 2.07. The summed E-state index contributed by atoms with van der Waals surface area (Å²) >= 11 is 0. The lowest BCUT2D eigenvalue weighted by Crippen LogP contribution is -2.44. The molecule has 0 bridgehead atoms. The van der Waals surface area contributed by atoms with Crippen LogP contribution in [0.15, 0.2) is 0 Å². The minimum atomic E-state index is 0.229. The van der Waals surface area contributed by atoms with E-state index >= 15 is 0 Å². The Morgan fingerprint density at radius 1 is 1.47 bits per heavy atom. The van der Waals surface area contributed by atoms with E-state index in [2.05, 4.69) is 31.1 Å². The monoisotopic (exact) mass is 244 g/mol.